The molecule has 0 saturated heterocycles. The van der Waals surface area contributed by atoms with Crippen LogP contribution in [0.5, 0.6) is 11.5 Å². The number of benzene rings is 2. The first-order chi connectivity index (χ1) is 13.1. The third-order valence-electron chi connectivity index (χ3n) is 3.65. The number of rotatable bonds is 6. The summed E-state index contributed by atoms with van der Waals surface area (Å²) in [5, 5.41) is 5.66. The summed E-state index contributed by atoms with van der Waals surface area (Å²) in [6.07, 6.45) is 1.46. The Kier molecular flexibility index (Phi) is 5.46. The third kappa shape index (κ3) is 4.49. The number of anilines is 3. The minimum Gasteiger partial charge on any atom is -0.497 e. The van der Waals surface area contributed by atoms with E-state index < -0.39 is 5.91 Å². The Morgan fingerprint density at radius 1 is 1.04 bits per heavy atom. The lowest BCUT2D eigenvalue weighted by atomic mass is 10.2. The van der Waals surface area contributed by atoms with Crippen molar-refractivity contribution >= 4 is 23.2 Å². The van der Waals surface area contributed by atoms with Gasteiger partial charge in [0.2, 0.25) is 5.95 Å². The number of carbonyl (C=O) groups excluding carboxylic acids is 1. The Bertz CT molecular complexity index is 948. The van der Waals surface area contributed by atoms with Gasteiger partial charge in [0.15, 0.2) is 0 Å². The number of carbonyl (C=O) groups is 1. The molecule has 0 spiro atoms. The van der Waals surface area contributed by atoms with E-state index in [0.717, 1.165) is 0 Å². The molecule has 1 heterocycles. The van der Waals surface area contributed by atoms with E-state index in [-0.39, 0.29) is 17.5 Å². The van der Waals surface area contributed by atoms with Crippen molar-refractivity contribution in [3.63, 3.8) is 0 Å². The highest BCUT2D eigenvalue weighted by Crippen LogP contribution is 2.30. The lowest BCUT2D eigenvalue weighted by Crippen LogP contribution is -2.14. The molecule has 0 aliphatic carbocycles. The molecule has 3 rings (SSSR count). The summed E-state index contributed by atoms with van der Waals surface area (Å²) in [5.74, 6) is 0.596. The van der Waals surface area contributed by atoms with E-state index in [1.165, 1.54) is 43.6 Å². The fraction of sp³-hybridized carbons (Fsp3) is 0.105. The molecule has 1 amide bonds. The zero-order valence-corrected chi connectivity index (χ0v) is 14.7. The summed E-state index contributed by atoms with van der Waals surface area (Å²) in [5.41, 5.74) is 1.24. The summed E-state index contributed by atoms with van der Waals surface area (Å²) in [7, 11) is 3.10. The quantitative estimate of drug-likeness (QED) is 0.691. The van der Waals surface area contributed by atoms with Gasteiger partial charge in [-0.1, -0.05) is 0 Å². The first-order valence-corrected chi connectivity index (χ1v) is 7.98. The second-order valence-corrected chi connectivity index (χ2v) is 5.42. The van der Waals surface area contributed by atoms with Gasteiger partial charge in [0.25, 0.3) is 5.91 Å². The van der Waals surface area contributed by atoms with Crippen molar-refractivity contribution in [2.75, 3.05) is 24.9 Å². The molecule has 0 fully saturated rings. The van der Waals surface area contributed by atoms with Crippen LogP contribution < -0.4 is 20.1 Å². The molecule has 0 aliphatic rings. The second-order valence-electron chi connectivity index (χ2n) is 5.42. The molecule has 8 heteroatoms. The molecule has 138 valence electrons. The average Bonchev–Trinajstić information content (AvgIpc) is 2.70. The van der Waals surface area contributed by atoms with Crippen molar-refractivity contribution in [1.82, 2.24) is 9.97 Å². The summed E-state index contributed by atoms with van der Waals surface area (Å²) < 4.78 is 23.4. The number of hydrogen-bond acceptors (Lipinski definition) is 6. The molecule has 0 atom stereocenters. The predicted molar refractivity (Wildman–Crippen MR) is 99.2 cm³/mol. The number of nitrogens with zero attached hydrogens (tertiary/aromatic N) is 2. The largest absolute Gasteiger partial charge is 0.497 e. The monoisotopic (exact) mass is 368 g/mol. The van der Waals surface area contributed by atoms with E-state index in [1.54, 1.807) is 25.3 Å². The molecule has 2 aromatic carbocycles. The van der Waals surface area contributed by atoms with Gasteiger partial charge in [0.05, 0.1) is 19.9 Å². The first-order valence-electron chi connectivity index (χ1n) is 7.98. The number of aromatic nitrogens is 2. The van der Waals surface area contributed by atoms with Crippen molar-refractivity contribution in [3.05, 3.63) is 66.2 Å². The van der Waals surface area contributed by atoms with Gasteiger partial charge >= 0.3 is 0 Å². The molecule has 0 radical (unpaired) electrons. The molecular formula is C19H17FN4O3. The maximum Gasteiger partial charge on any atom is 0.274 e. The van der Waals surface area contributed by atoms with Crippen LogP contribution in [0.3, 0.4) is 0 Å². The van der Waals surface area contributed by atoms with Crippen molar-refractivity contribution in [2.24, 2.45) is 0 Å². The molecule has 2 N–H and O–H groups in total. The summed E-state index contributed by atoms with van der Waals surface area (Å²) >= 11 is 0. The number of nitrogens with one attached hydrogen (secondary N) is 2. The Balaban J connectivity index is 1.77. The average molecular weight is 368 g/mol. The van der Waals surface area contributed by atoms with Gasteiger partial charge in [-0.15, -0.1) is 0 Å². The summed E-state index contributed by atoms with van der Waals surface area (Å²) in [6.45, 7) is 0. The van der Waals surface area contributed by atoms with Crippen molar-refractivity contribution < 1.29 is 18.7 Å². The zero-order valence-electron chi connectivity index (χ0n) is 14.7. The lowest BCUT2D eigenvalue weighted by Gasteiger charge is -2.12. The number of ether oxygens (including phenoxy) is 2. The summed E-state index contributed by atoms with van der Waals surface area (Å²) in [6, 6.07) is 12.2. The molecule has 0 bridgehead atoms. The van der Waals surface area contributed by atoms with Gasteiger partial charge in [-0.25, -0.2) is 14.4 Å². The molecule has 0 unspecified atom stereocenters. The maximum absolute atomic E-state index is 13.0. The molecule has 27 heavy (non-hydrogen) atoms. The highest BCUT2D eigenvalue weighted by Gasteiger charge is 2.11. The number of methoxy groups -OCH3 is 2. The van der Waals surface area contributed by atoms with Crippen LogP contribution in [0.15, 0.2) is 54.7 Å². The smallest absolute Gasteiger partial charge is 0.274 e. The van der Waals surface area contributed by atoms with Gasteiger partial charge < -0.3 is 20.1 Å². The van der Waals surface area contributed by atoms with Crippen molar-refractivity contribution in [1.29, 1.82) is 0 Å². The van der Waals surface area contributed by atoms with E-state index in [2.05, 4.69) is 20.6 Å². The topological polar surface area (TPSA) is 85.4 Å². The SMILES string of the molecule is COc1ccc(Nc2nccc(C(=O)Nc3ccc(F)cc3)n2)c(OC)c1. The molecule has 1 aromatic heterocycles. The van der Waals surface area contributed by atoms with E-state index in [0.29, 0.717) is 22.9 Å². The van der Waals surface area contributed by atoms with Crippen LogP contribution in [0.2, 0.25) is 0 Å². The Labute approximate surface area is 155 Å². The van der Waals surface area contributed by atoms with Crippen LogP contribution >= 0.6 is 0 Å². The number of amides is 1. The van der Waals surface area contributed by atoms with Crippen LogP contribution in [0, 0.1) is 5.82 Å². The normalized spacial score (nSPS) is 10.2. The van der Waals surface area contributed by atoms with Crippen LogP contribution in [0.1, 0.15) is 10.5 Å². The predicted octanol–water partition coefficient (Wildman–Crippen LogP) is 3.63. The van der Waals surface area contributed by atoms with Crippen molar-refractivity contribution in [2.45, 2.75) is 0 Å². The Morgan fingerprint density at radius 2 is 1.81 bits per heavy atom. The molecule has 0 saturated carbocycles. The molecule has 3 aromatic rings. The van der Waals surface area contributed by atoms with Crippen molar-refractivity contribution in [3.8, 4) is 11.5 Å². The fourth-order valence-corrected chi connectivity index (χ4v) is 2.30. The van der Waals surface area contributed by atoms with Crippen LogP contribution in [0.25, 0.3) is 0 Å². The molecule has 7 nitrogen and oxygen atoms in total. The first kappa shape index (κ1) is 18.1. The number of halogens is 1. The highest BCUT2D eigenvalue weighted by atomic mass is 19.1. The van der Waals surface area contributed by atoms with Gasteiger partial charge in [-0.05, 0) is 42.5 Å². The fourth-order valence-electron chi connectivity index (χ4n) is 2.30. The van der Waals surface area contributed by atoms with Gasteiger partial charge in [0.1, 0.15) is 23.0 Å². The minimum atomic E-state index is -0.436. The minimum absolute atomic E-state index is 0.157. The van der Waals surface area contributed by atoms with Gasteiger partial charge in [-0.2, -0.15) is 0 Å². The lowest BCUT2D eigenvalue weighted by molar-refractivity contribution is 0.102. The van der Waals surface area contributed by atoms with Gasteiger partial charge in [0, 0.05) is 18.0 Å². The number of hydrogen-bond donors (Lipinski definition) is 2. The van der Waals surface area contributed by atoms with E-state index in [1.807, 2.05) is 0 Å². The van der Waals surface area contributed by atoms with Crippen LogP contribution in [-0.2, 0) is 0 Å². The third-order valence-corrected chi connectivity index (χ3v) is 3.65. The summed E-state index contributed by atoms with van der Waals surface area (Å²) in [4.78, 5) is 20.7. The highest BCUT2D eigenvalue weighted by molar-refractivity contribution is 6.03. The maximum atomic E-state index is 13.0. The van der Waals surface area contributed by atoms with E-state index in [4.69, 9.17) is 9.47 Å². The standard InChI is InChI=1S/C19H17FN4O3/c1-26-14-7-8-15(17(11-14)27-2)23-19-21-10-9-16(24-19)18(25)22-13-5-3-12(20)4-6-13/h3-11H,1-2H3,(H,22,25)(H,21,23,24). The Morgan fingerprint density at radius 3 is 2.52 bits per heavy atom. The van der Waals surface area contributed by atoms with Crippen LogP contribution in [-0.4, -0.2) is 30.1 Å². The van der Waals surface area contributed by atoms with E-state index in [9.17, 15) is 9.18 Å². The second kappa shape index (κ2) is 8.13. The van der Waals surface area contributed by atoms with E-state index >= 15 is 0 Å². The Hall–Kier alpha value is -3.68. The van der Waals surface area contributed by atoms with Crippen LogP contribution in [0.4, 0.5) is 21.7 Å². The van der Waals surface area contributed by atoms with Gasteiger partial charge in [-0.3, -0.25) is 4.79 Å². The molecule has 0 aliphatic heterocycles. The molecular weight excluding hydrogens is 351 g/mol. The zero-order chi connectivity index (χ0) is 19.2.